The second-order valence-electron chi connectivity index (χ2n) is 6.22. The fourth-order valence-corrected chi connectivity index (χ4v) is 3.65. The maximum absolute atomic E-state index is 12.5. The standard InChI is InChI=1S/C17H24N4O2S/c1-12-14(3)24-17(18-12)19-16(22)13(2)21-8-6-20(7-9-21)11-15-5-4-10-23-15/h4-5,10,13H,6-9,11H2,1-3H3,(H,18,19,22)/t13-/m0/s1. The lowest BCUT2D eigenvalue weighted by atomic mass is 10.2. The quantitative estimate of drug-likeness (QED) is 0.899. The third-order valence-electron chi connectivity index (χ3n) is 4.55. The molecule has 1 amide bonds. The van der Waals surface area contributed by atoms with Crippen molar-refractivity contribution in [3.8, 4) is 0 Å². The molecule has 0 spiro atoms. The van der Waals surface area contributed by atoms with E-state index < -0.39 is 0 Å². The van der Waals surface area contributed by atoms with Crippen LogP contribution in [0.4, 0.5) is 5.13 Å². The Hall–Kier alpha value is -1.70. The number of piperazine rings is 1. The highest BCUT2D eigenvalue weighted by molar-refractivity contribution is 7.15. The Morgan fingerprint density at radius 3 is 2.71 bits per heavy atom. The minimum Gasteiger partial charge on any atom is -0.468 e. The van der Waals surface area contributed by atoms with Gasteiger partial charge in [-0.2, -0.15) is 0 Å². The molecule has 2 aromatic heterocycles. The van der Waals surface area contributed by atoms with Crippen LogP contribution in [0.15, 0.2) is 22.8 Å². The first-order chi connectivity index (χ1) is 11.5. The summed E-state index contributed by atoms with van der Waals surface area (Å²) in [7, 11) is 0. The van der Waals surface area contributed by atoms with E-state index in [9.17, 15) is 4.79 Å². The van der Waals surface area contributed by atoms with Crippen LogP contribution in [0.2, 0.25) is 0 Å². The Morgan fingerprint density at radius 1 is 1.38 bits per heavy atom. The van der Waals surface area contributed by atoms with Gasteiger partial charge in [0.2, 0.25) is 5.91 Å². The van der Waals surface area contributed by atoms with Crippen LogP contribution >= 0.6 is 11.3 Å². The van der Waals surface area contributed by atoms with Crippen LogP contribution in [0.5, 0.6) is 0 Å². The maximum atomic E-state index is 12.5. The minimum atomic E-state index is -0.153. The molecule has 1 atom stereocenters. The van der Waals surface area contributed by atoms with E-state index in [4.69, 9.17) is 4.42 Å². The van der Waals surface area contributed by atoms with E-state index >= 15 is 0 Å². The number of rotatable bonds is 5. The predicted octanol–water partition coefficient (Wildman–Crippen LogP) is 2.50. The number of carbonyl (C=O) groups excluding carboxylic acids is 1. The molecule has 1 aliphatic rings. The molecular weight excluding hydrogens is 324 g/mol. The number of thiazole rings is 1. The van der Waals surface area contributed by atoms with Gasteiger partial charge in [-0.3, -0.25) is 14.6 Å². The van der Waals surface area contributed by atoms with Gasteiger partial charge in [0.05, 0.1) is 24.5 Å². The molecule has 130 valence electrons. The second kappa shape index (κ2) is 7.46. The first-order valence-electron chi connectivity index (χ1n) is 8.26. The first kappa shape index (κ1) is 17.1. The minimum absolute atomic E-state index is 0.0169. The molecular formula is C17H24N4O2S. The Morgan fingerprint density at radius 2 is 2.12 bits per heavy atom. The maximum Gasteiger partial charge on any atom is 0.243 e. The van der Waals surface area contributed by atoms with E-state index in [-0.39, 0.29) is 11.9 Å². The first-order valence-corrected chi connectivity index (χ1v) is 9.08. The molecule has 1 saturated heterocycles. The molecule has 1 aliphatic heterocycles. The average molecular weight is 348 g/mol. The Kier molecular flexibility index (Phi) is 5.33. The van der Waals surface area contributed by atoms with E-state index in [1.54, 1.807) is 6.26 Å². The summed E-state index contributed by atoms with van der Waals surface area (Å²) < 4.78 is 5.40. The fraction of sp³-hybridized carbons (Fsp3) is 0.529. The number of nitrogens with one attached hydrogen (secondary N) is 1. The fourth-order valence-electron chi connectivity index (χ4n) is 2.83. The van der Waals surface area contributed by atoms with Gasteiger partial charge in [0.1, 0.15) is 5.76 Å². The molecule has 2 aromatic rings. The lowest BCUT2D eigenvalue weighted by Crippen LogP contribution is -2.52. The van der Waals surface area contributed by atoms with Gasteiger partial charge >= 0.3 is 0 Å². The van der Waals surface area contributed by atoms with E-state index in [0.717, 1.165) is 49.1 Å². The van der Waals surface area contributed by atoms with Crippen LogP contribution < -0.4 is 5.32 Å². The van der Waals surface area contributed by atoms with Crippen molar-refractivity contribution in [3.63, 3.8) is 0 Å². The van der Waals surface area contributed by atoms with Gasteiger partial charge in [-0.25, -0.2) is 4.98 Å². The molecule has 3 heterocycles. The van der Waals surface area contributed by atoms with E-state index in [1.165, 1.54) is 11.3 Å². The number of hydrogen-bond donors (Lipinski definition) is 1. The van der Waals surface area contributed by atoms with Crippen molar-refractivity contribution in [3.05, 3.63) is 34.7 Å². The van der Waals surface area contributed by atoms with E-state index in [1.807, 2.05) is 32.9 Å². The van der Waals surface area contributed by atoms with Crippen LogP contribution in [0.1, 0.15) is 23.3 Å². The Labute approximate surface area is 146 Å². The molecule has 24 heavy (non-hydrogen) atoms. The molecule has 0 aromatic carbocycles. The molecule has 1 fully saturated rings. The largest absolute Gasteiger partial charge is 0.468 e. The van der Waals surface area contributed by atoms with Crippen LogP contribution in [0, 0.1) is 13.8 Å². The van der Waals surface area contributed by atoms with Gasteiger partial charge in [-0.05, 0) is 32.9 Å². The van der Waals surface area contributed by atoms with E-state index in [2.05, 4.69) is 20.1 Å². The highest BCUT2D eigenvalue weighted by Crippen LogP contribution is 2.21. The zero-order valence-corrected chi connectivity index (χ0v) is 15.2. The predicted molar refractivity (Wildman–Crippen MR) is 95.2 cm³/mol. The molecule has 0 unspecified atom stereocenters. The normalized spacial score (nSPS) is 17.8. The number of aryl methyl sites for hydroxylation is 2. The van der Waals surface area contributed by atoms with Gasteiger partial charge in [-0.15, -0.1) is 11.3 Å². The summed E-state index contributed by atoms with van der Waals surface area (Å²) in [5, 5.41) is 3.64. The van der Waals surface area contributed by atoms with Crippen molar-refractivity contribution in [1.29, 1.82) is 0 Å². The molecule has 0 radical (unpaired) electrons. The van der Waals surface area contributed by atoms with Crippen molar-refractivity contribution in [2.75, 3.05) is 31.5 Å². The number of aromatic nitrogens is 1. The molecule has 1 N–H and O–H groups in total. The van der Waals surface area contributed by atoms with Gasteiger partial charge in [0.15, 0.2) is 5.13 Å². The van der Waals surface area contributed by atoms with Crippen LogP contribution in [-0.4, -0.2) is 52.9 Å². The summed E-state index contributed by atoms with van der Waals surface area (Å²) in [6.45, 7) is 10.4. The Balaban J connectivity index is 1.49. The smallest absolute Gasteiger partial charge is 0.243 e. The van der Waals surface area contributed by atoms with Crippen molar-refractivity contribution < 1.29 is 9.21 Å². The van der Waals surface area contributed by atoms with Gasteiger partial charge < -0.3 is 9.73 Å². The lowest BCUT2D eigenvalue weighted by molar-refractivity contribution is -0.121. The molecule has 6 nitrogen and oxygen atoms in total. The number of carbonyl (C=O) groups is 1. The van der Waals surface area contributed by atoms with Crippen LogP contribution in [0.25, 0.3) is 0 Å². The lowest BCUT2D eigenvalue weighted by Gasteiger charge is -2.36. The zero-order valence-electron chi connectivity index (χ0n) is 14.4. The van der Waals surface area contributed by atoms with E-state index in [0.29, 0.717) is 5.13 Å². The summed E-state index contributed by atoms with van der Waals surface area (Å²) >= 11 is 1.53. The summed E-state index contributed by atoms with van der Waals surface area (Å²) in [6, 6.07) is 3.76. The van der Waals surface area contributed by atoms with Crippen molar-refractivity contribution in [1.82, 2.24) is 14.8 Å². The van der Waals surface area contributed by atoms with Gasteiger partial charge in [0, 0.05) is 31.1 Å². The molecule has 3 rings (SSSR count). The monoisotopic (exact) mass is 348 g/mol. The second-order valence-corrected chi connectivity index (χ2v) is 7.42. The van der Waals surface area contributed by atoms with Crippen molar-refractivity contribution >= 4 is 22.4 Å². The summed E-state index contributed by atoms with van der Waals surface area (Å²) in [6.07, 6.45) is 1.71. The number of anilines is 1. The highest BCUT2D eigenvalue weighted by Gasteiger charge is 2.26. The number of furan rings is 1. The third-order valence-corrected chi connectivity index (χ3v) is 5.54. The summed E-state index contributed by atoms with van der Waals surface area (Å²) in [4.78, 5) is 22.6. The zero-order chi connectivity index (χ0) is 17.1. The van der Waals surface area contributed by atoms with Crippen molar-refractivity contribution in [2.45, 2.75) is 33.4 Å². The van der Waals surface area contributed by atoms with Crippen LogP contribution in [-0.2, 0) is 11.3 Å². The van der Waals surface area contributed by atoms with Gasteiger partial charge in [0.25, 0.3) is 0 Å². The molecule has 0 saturated carbocycles. The third kappa shape index (κ3) is 4.03. The molecule has 7 heteroatoms. The number of hydrogen-bond acceptors (Lipinski definition) is 6. The molecule has 0 bridgehead atoms. The topological polar surface area (TPSA) is 61.6 Å². The number of amides is 1. The number of nitrogens with zero attached hydrogens (tertiary/aromatic N) is 3. The van der Waals surface area contributed by atoms with Crippen LogP contribution in [0.3, 0.4) is 0 Å². The highest BCUT2D eigenvalue weighted by atomic mass is 32.1. The molecule has 0 aliphatic carbocycles. The summed E-state index contributed by atoms with van der Waals surface area (Å²) in [5.74, 6) is 1.01. The summed E-state index contributed by atoms with van der Waals surface area (Å²) in [5.41, 5.74) is 0.981. The Bertz CT molecular complexity index is 655. The van der Waals surface area contributed by atoms with Crippen molar-refractivity contribution in [2.24, 2.45) is 0 Å². The van der Waals surface area contributed by atoms with Gasteiger partial charge in [-0.1, -0.05) is 0 Å². The average Bonchev–Trinajstić information content (AvgIpc) is 3.18. The SMILES string of the molecule is Cc1nc(NC(=O)[C@H](C)N2CCN(Cc3ccco3)CC2)sc1C.